The molecule has 0 bridgehead atoms. The SMILES string of the molecule is CC[C@@H]1CCN(C(=O)Nc2cc(-c3cc(N4CCOCC4)c4nc(F)cn4c3)c(C)cc2F)C1. The van der Waals surface area contributed by atoms with Gasteiger partial charge in [0.1, 0.15) is 5.82 Å². The van der Waals surface area contributed by atoms with Crippen molar-refractivity contribution in [3.63, 3.8) is 0 Å². The lowest BCUT2D eigenvalue weighted by atomic mass is 10.00. The predicted molar refractivity (Wildman–Crippen MR) is 127 cm³/mol. The summed E-state index contributed by atoms with van der Waals surface area (Å²) in [5.74, 6) is -0.555. The lowest BCUT2D eigenvalue weighted by Gasteiger charge is -2.29. The van der Waals surface area contributed by atoms with Crippen LogP contribution >= 0.6 is 0 Å². The molecule has 7 nitrogen and oxygen atoms in total. The van der Waals surface area contributed by atoms with Gasteiger partial charge in [-0.3, -0.25) is 0 Å². The van der Waals surface area contributed by atoms with E-state index in [1.54, 1.807) is 21.6 Å². The molecule has 1 aromatic carbocycles. The molecule has 0 saturated carbocycles. The van der Waals surface area contributed by atoms with Crippen molar-refractivity contribution in [3.05, 3.63) is 47.9 Å². The molecule has 2 aliphatic heterocycles. The number of benzene rings is 1. The van der Waals surface area contributed by atoms with E-state index in [0.29, 0.717) is 51.0 Å². The third kappa shape index (κ3) is 4.32. The molecule has 0 aliphatic carbocycles. The normalized spacial score (nSPS) is 18.6. The highest BCUT2D eigenvalue weighted by Crippen LogP contribution is 2.34. The number of ether oxygens (including phenoxy) is 1. The Kier molecular flexibility index (Phi) is 6.12. The van der Waals surface area contributed by atoms with Gasteiger partial charge in [-0.25, -0.2) is 9.18 Å². The van der Waals surface area contributed by atoms with Gasteiger partial charge >= 0.3 is 6.03 Å². The Bertz CT molecular complexity index is 1220. The van der Waals surface area contributed by atoms with Gasteiger partial charge in [0.25, 0.3) is 0 Å². The predicted octanol–water partition coefficient (Wildman–Crippen LogP) is 4.69. The molecule has 2 aliphatic rings. The minimum Gasteiger partial charge on any atom is -0.378 e. The fourth-order valence-electron chi connectivity index (χ4n) is 4.86. The number of pyridine rings is 1. The molecule has 2 saturated heterocycles. The van der Waals surface area contributed by atoms with Crippen LogP contribution in [0.15, 0.2) is 30.6 Å². The molecule has 34 heavy (non-hydrogen) atoms. The monoisotopic (exact) mass is 469 g/mol. The maximum Gasteiger partial charge on any atom is 0.321 e. The maximum absolute atomic E-state index is 14.8. The average molecular weight is 470 g/mol. The van der Waals surface area contributed by atoms with Gasteiger partial charge in [-0.1, -0.05) is 13.3 Å². The summed E-state index contributed by atoms with van der Waals surface area (Å²) in [5, 5.41) is 2.76. The number of carbonyl (C=O) groups is 1. The second kappa shape index (κ2) is 9.21. The lowest BCUT2D eigenvalue weighted by Crippen LogP contribution is -2.36. The molecule has 1 atom stereocenters. The molecule has 0 spiro atoms. The molecular weight excluding hydrogens is 440 g/mol. The lowest BCUT2D eigenvalue weighted by molar-refractivity contribution is 0.123. The maximum atomic E-state index is 14.8. The Morgan fingerprint density at radius 1 is 1.18 bits per heavy atom. The van der Waals surface area contributed by atoms with Gasteiger partial charge in [0.05, 0.1) is 30.8 Å². The summed E-state index contributed by atoms with van der Waals surface area (Å²) >= 11 is 0. The van der Waals surface area contributed by atoms with E-state index in [1.807, 2.05) is 13.0 Å². The highest BCUT2D eigenvalue weighted by atomic mass is 19.1. The Balaban J connectivity index is 1.51. The average Bonchev–Trinajstić information content (AvgIpc) is 3.46. The largest absolute Gasteiger partial charge is 0.378 e. The molecule has 2 aromatic heterocycles. The number of hydrogen-bond donors (Lipinski definition) is 1. The second-order valence-corrected chi connectivity index (χ2v) is 9.09. The fraction of sp³-hybridized carbons (Fsp3) is 0.440. The van der Waals surface area contributed by atoms with E-state index in [-0.39, 0.29) is 11.7 Å². The number of imidazole rings is 1. The molecule has 2 amide bonds. The number of morpholine rings is 1. The number of nitrogens with zero attached hydrogens (tertiary/aromatic N) is 4. The number of fused-ring (bicyclic) bond motifs is 1. The quantitative estimate of drug-likeness (QED) is 0.602. The van der Waals surface area contributed by atoms with E-state index in [4.69, 9.17) is 4.74 Å². The summed E-state index contributed by atoms with van der Waals surface area (Å²) in [5.41, 5.74) is 3.71. The molecule has 1 N–H and O–H groups in total. The van der Waals surface area contributed by atoms with Crippen LogP contribution in [0, 0.1) is 24.6 Å². The van der Waals surface area contributed by atoms with Crippen molar-refractivity contribution in [3.8, 4) is 11.1 Å². The van der Waals surface area contributed by atoms with Gasteiger partial charge in [0.2, 0.25) is 5.95 Å². The third-order valence-electron chi connectivity index (χ3n) is 6.87. The van der Waals surface area contributed by atoms with Crippen molar-refractivity contribution in [2.75, 3.05) is 49.6 Å². The van der Waals surface area contributed by atoms with E-state index in [1.165, 1.54) is 12.3 Å². The Morgan fingerprint density at radius 2 is 1.97 bits per heavy atom. The fourth-order valence-corrected chi connectivity index (χ4v) is 4.86. The van der Waals surface area contributed by atoms with Gasteiger partial charge in [-0.05, 0) is 48.6 Å². The van der Waals surface area contributed by atoms with Gasteiger partial charge in [0.15, 0.2) is 5.65 Å². The third-order valence-corrected chi connectivity index (χ3v) is 6.87. The number of nitrogens with one attached hydrogen (secondary N) is 1. The molecule has 0 unspecified atom stereocenters. The standard InChI is InChI=1S/C25H29F2N5O2/c1-3-17-4-5-31(13-17)25(33)28-21-12-19(16(2)10-20(21)26)18-11-22(30-6-8-34-9-7-30)24-29-23(27)15-32(24)14-18/h10-12,14-15,17H,3-9,13H2,1-2H3,(H,28,33)/t17-/m1/s1. The highest BCUT2D eigenvalue weighted by Gasteiger charge is 2.26. The van der Waals surface area contributed by atoms with Crippen LogP contribution < -0.4 is 10.2 Å². The molecule has 2 fully saturated rings. The molecule has 5 rings (SSSR count). The van der Waals surface area contributed by atoms with Crippen molar-refractivity contribution >= 4 is 23.1 Å². The van der Waals surface area contributed by atoms with E-state index >= 15 is 0 Å². The number of aromatic nitrogens is 2. The van der Waals surface area contributed by atoms with Crippen LogP contribution in [0.5, 0.6) is 0 Å². The zero-order valence-corrected chi connectivity index (χ0v) is 19.5. The molecule has 3 aromatic rings. The number of aryl methyl sites for hydroxylation is 1. The van der Waals surface area contributed by atoms with Crippen LogP contribution in [0.25, 0.3) is 16.8 Å². The molecule has 0 radical (unpaired) electrons. The summed E-state index contributed by atoms with van der Waals surface area (Å²) in [6.45, 7) is 7.82. The number of halogens is 2. The molecule has 9 heteroatoms. The molecular formula is C25H29F2N5O2. The van der Waals surface area contributed by atoms with Gasteiger partial charge in [-0.2, -0.15) is 9.37 Å². The van der Waals surface area contributed by atoms with E-state index < -0.39 is 11.8 Å². The van der Waals surface area contributed by atoms with Gasteiger partial charge < -0.3 is 24.3 Å². The zero-order valence-electron chi connectivity index (χ0n) is 19.5. The first kappa shape index (κ1) is 22.6. The Labute approximate surface area is 197 Å². The number of anilines is 2. The van der Waals surface area contributed by atoms with E-state index in [0.717, 1.165) is 35.2 Å². The van der Waals surface area contributed by atoms with Crippen LogP contribution in [0.3, 0.4) is 0 Å². The second-order valence-electron chi connectivity index (χ2n) is 9.09. The molecule has 180 valence electrons. The Morgan fingerprint density at radius 3 is 2.71 bits per heavy atom. The van der Waals surface area contributed by atoms with E-state index in [9.17, 15) is 13.6 Å². The summed E-state index contributed by atoms with van der Waals surface area (Å²) in [6.07, 6.45) is 5.11. The first-order chi connectivity index (χ1) is 16.4. The topological polar surface area (TPSA) is 62.1 Å². The zero-order chi connectivity index (χ0) is 23.8. The summed E-state index contributed by atoms with van der Waals surface area (Å²) in [7, 11) is 0. The smallest absolute Gasteiger partial charge is 0.321 e. The van der Waals surface area contributed by atoms with Crippen molar-refractivity contribution in [1.29, 1.82) is 0 Å². The number of urea groups is 1. The first-order valence-corrected chi connectivity index (χ1v) is 11.8. The summed E-state index contributed by atoms with van der Waals surface area (Å²) < 4.78 is 36.0. The summed E-state index contributed by atoms with van der Waals surface area (Å²) in [6, 6.07) is 4.75. The number of likely N-dealkylation sites (tertiary alicyclic amines) is 1. The minimum absolute atomic E-state index is 0.135. The number of rotatable bonds is 4. The first-order valence-electron chi connectivity index (χ1n) is 11.8. The van der Waals surface area contributed by atoms with Crippen molar-refractivity contribution in [2.45, 2.75) is 26.7 Å². The Hall–Kier alpha value is -3.20. The van der Waals surface area contributed by atoms with Crippen LogP contribution in [-0.2, 0) is 4.74 Å². The van der Waals surface area contributed by atoms with Crippen molar-refractivity contribution < 1.29 is 18.3 Å². The van der Waals surface area contributed by atoms with E-state index in [2.05, 4.69) is 22.1 Å². The number of amides is 2. The van der Waals surface area contributed by atoms with Gasteiger partial charge in [-0.15, -0.1) is 0 Å². The van der Waals surface area contributed by atoms with Gasteiger partial charge in [0, 0.05) is 37.9 Å². The van der Waals surface area contributed by atoms with Crippen LogP contribution in [0.2, 0.25) is 0 Å². The number of hydrogen-bond acceptors (Lipinski definition) is 4. The summed E-state index contributed by atoms with van der Waals surface area (Å²) in [4.78, 5) is 20.7. The van der Waals surface area contributed by atoms with Crippen molar-refractivity contribution in [2.24, 2.45) is 5.92 Å². The van der Waals surface area contributed by atoms with Crippen LogP contribution in [-0.4, -0.2) is 59.7 Å². The number of carbonyl (C=O) groups excluding carboxylic acids is 1. The van der Waals surface area contributed by atoms with Crippen molar-refractivity contribution in [1.82, 2.24) is 14.3 Å². The molecule has 4 heterocycles. The van der Waals surface area contributed by atoms with Crippen LogP contribution in [0.4, 0.5) is 25.0 Å². The highest BCUT2D eigenvalue weighted by molar-refractivity contribution is 5.91. The minimum atomic E-state index is -0.563. The van der Waals surface area contributed by atoms with Crippen LogP contribution in [0.1, 0.15) is 25.3 Å².